The van der Waals surface area contributed by atoms with Gasteiger partial charge in [0.15, 0.2) is 0 Å². The number of aromatic carboxylic acids is 1. The number of benzene rings is 1. The highest BCUT2D eigenvalue weighted by Crippen LogP contribution is 2.32. The summed E-state index contributed by atoms with van der Waals surface area (Å²) in [6, 6.07) is 7.24. The molecule has 0 saturated heterocycles. The van der Waals surface area contributed by atoms with Crippen molar-refractivity contribution in [2.24, 2.45) is 5.92 Å². The summed E-state index contributed by atoms with van der Waals surface area (Å²) in [4.78, 5) is 10.8. The van der Waals surface area contributed by atoms with Gasteiger partial charge in [0.05, 0.1) is 5.56 Å². The van der Waals surface area contributed by atoms with E-state index in [1.807, 2.05) is 0 Å². The van der Waals surface area contributed by atoms with Crippen LogP contribution in [0.4, 0.5) is 0 Å². The number of rotatable bonds is 7. The first kappa shape index (κ1) is 12.9. The monoisotopic (exact) mass is 249 g/mol. The van der Waals surface area contributed by atoms with Gasteiger partial charge in [-0.1, -0.05) is 19.4 Å². The van der Waals surface area contributed by atoms with Gasteiger partial charge < -0.3 is 15.2 Å². The van der Waals surface area contributed by atoms with Gasteiger partial charge >= 0.3 is 5.97 Å². The molecule has 2 rings (SSSR count). The molecule has 1 aromatic rings. The predicted molar refractivity (Wildman–Crippen MR) is 69.1 cm³/mol. The molecule has 98 valence electrons. The van der Waals surface area contributed by atoms with Crippen LogP contribution in [0.15, 0.2) is 24.3 Å². The average Bonchev–Trinajstić information content (AvgIpc) is 3.13. The molecule has 0 heterocycles. The summed E-state index contributed by atoms with van der Waals surface area (Å²) < 4.78 is 5.52. The van der Waals surface area contributed by atoms with Crippen LogP contribution in [-0.4, -0.2) is 30.3 Å². The molecule has 1 aromatic carbocycles. The molecule has 0 aliphatic heterocycles. The third kappa shape index (κ3) is 3.47. The lowest BCUT2D eigenvalue weighted by molar-refractivity contribution is 0.0696. The van der Waals surface area contributed by atoms with Gasteiger partial charge in [-0.05, 0) is 30.5 Å². The van der Waals surface area contributed by atoms with Crippen LogP contribution in [0.5, 0.6) is 5.75 Å². The van der Waals surface area contributed by atoms with Gasteiger partial charge in [0.2, 0.25) is 0 Å². The number of hydrogen-bond donors (Lipinski definition) is 2. The van der Waals surface area contributed by atoms with Gasteiger partial charge in [-0.15, -0.1) is 0 Å². The highest BCUT2D eigenvalue weighted by Gasteiger charge is 2.34. The van der Waals surface area contributed by atoms with Crippen molar-refractivity contribution in [1.82, 2.24) is 5.32 Å². The molecule has 0 aromatic heterocycles. The molecule has 2 N–H and O–H groups in total. The van der Waals surface area contributed by atoms with Crippen molar-refractivity contribution < 1.29 is 14.6 Å². The number of ether oxygens (including phenoxy) is 1. The summed E-state index contributed by atoms with van der Waals surface area (Å²) in [6.07, 6.45) is 2.50. The summed E-state index contributed by atoms with van der Waals surface area (Å²) in [5.74, 6) is 0.516. The number of nitrogens with one attached hydrogen (secondary N) is 1. The van der Waals surface area contributed by atoms with E-state index in [0.717, 1.165) is 12.5 Å². The number of carbonyl (C=O) groups is 1. The van der Waals surface area contributed by atoms with Crippen molar-refractivity contribution in [3.63, 3.8) is 0 Å². The highest BCUT2D eigenvalue weighted by molar-refractivity contribution is 5.87. The normalized spacial score (nSPS) is 21.6. The van der Waals surface area contributed by atoms with Gasteiger partial charge in [-0.3, -0.25) is 0 Å². The van der Waals surface area contributed by atoms with Crippen LogP contribution in [0.3, 0.4) is 0 Å². The van der Waals surface area contributed by atoms with Crippen molar-refractivity contribution in [3.8, 4) is 5.75 Å². The third-order valence-corrected chi connectivity index (χ3v) is 3.31. The second kappa shape index (κ2) is 5.87. The van der Waals surface area contributed by atoms with Crippen molar-refractivity contribution in [1.29, 1.82) is 0 Å². The second-order valence-corrected chi connectivity index (χ2v) is 4.65. The Labute approximate surface area is 107 Å². The summed E-state index contributed by atoms with van der Waals surface area (Å²) in [6.45, 7) is 3.58. The topological polar surface area (TPSA) is 58.6 Å². The fourth-order valence-corrected chi connectivity index (χ4v) is 2.08. The van der Waals surface area contributed by atoms with Crippen LogP contribution in [0.1, 0.15) is 30.1 Å². The minimum Gasteiger partial charge on any atom is -0.492 e. The number of hydrogen-bond acceptors (Lipinski definition) is 3. The smallest absolute Gasteiger partial charge is 0.335 e. The first-order chi connectivity index (χ1) is 8.70. The molecule has 1 aliphatic rings. The molecule has 1 aliphatic carbocycles. The number of carboxylic acids is 1. The molecule has 1 saturated carbocycles. The van der Waals surface area contributed by atoms with E-state index in [2.05, 4.69) is 12.2 Å². The Morgan fingerprint density at radius 3 is 3.06 bits per heavy atom. The predicted octanol–water partition coefficient (Wildman–Crippen LogP) is 2.15. The van der Waals surface area contributed by atoms with Crippen molar-refractivity contribution >= 4 is 5.97 Å². The lowest BCUT2D eigenvalue weighted by Crippen LogP contribution is -2.24. The fraction of sp³-hybridized carbons (Fsp3) is 0.500. The molecule has 0 bridgehead atoms. The maximum absolute atomic E-state index is 10.8. The van der Waals surface area contributed by atoms with Gasteiger partial charge in [-0.2, -0.15) is 0 Å². The van der Waals surface area contributed by atoms with Crippen LogP contribution < -0.4 is 10.1 Å². The zero-order chi connectivity index (χ0) is 13.0. The van der Waals surface area contributed by atoms with Gasteiger partial charge in [-0.25, -0.2) is 4.79 Å². The minimum absolute atomic E-state index is 0.258. The molecule has 18 heavy (non-hydrogen) atoms. The maximum Gasteiger partial charge on any atom is 0.335 e. The lowest BCUT2D eigenvalue weighted by atomic mass is 10.2. The zero-order valence-electron chi connectivity index (χ0n) is 10.6. The van der Waals surface area contributed by atoms with E-state index in [-0.39, 0.29) is 5.56 Å². The van der Waals surface area contributed by atoms with E-state index in [9.17, 15) is 4.79 Å². The van der Waals surface area contributed by atoms with Crippen molar-refractivity contribution in [2.75, 3.05) is 13.2 Å². The largest absolute Gasteiger partial charge is 0.492 e. The Kier molecular flexibility index (Phi) is 4.20. The summed E-state index contributed by atoms with van der Waals surface area (Å²) >= 11 is 0. The molecule has 4 nitrogen and oxygen atoms in total. The van der Waals surface area contributed by atoms with E-state index in [4.69, 9.17) is 9.84 Å². The second-order valence-electron chi connectivity index (χ2n) is 4.65. The van der Waals surface area contributed by atoms with Crippen molar-refractivity contribution in [2.45, 2.75) is 25.8 Å². The molecule has 2 atom stereocenters. The highest BCUT2D eigenvalue weighted by atomic mass is 16.5. The lowest BCUT2D eigenvalue weighted by Gasteiger charge is -2.07. The molecule has 4 heteroatoms. The first-order valence-electron chi connectivity index (χ1n) is 6.40. The zero-order valence-corrected chi connectivity index (χ0v) is 10.6. The Balaban J connectivity index is 1.70. The Bertz CT molecular complexity index is 419. The molecular weight excluding hydrogens is 230 g/mol. The average molecular weight is 249 g/mol. The van der Waals surface area contributed by atoms with E-state index in [1.165, 1.54) is 12.8 Å². The van der Waals surface area contributed by atoms with Crippen molar-refractivity contribution in [3.05, 3.63) is 29.8 Å². The molecule has 0 spiro atoms. The van der Waals surface area contributed by atoms with Crippen LogP contribution in [-0.2, 0) is 0 Å². The Hall–Kier alpha value is -1.55. The Morgan fingerprint density at radius 2 is 2.39 bits per heavy atom. The molecule has 2 unspecified atom stereocenters. The first-order valence-corrected chi connectivity index (χ1v) is 6.40. The van der Waals surface area contributed by atoms with Gasteiger partial charge in [0.25, 0.3) is 0 Å². The summed E-state index contributed by atoms with van der Waals surface area (Å²) in [5, 5.41) is 12.3. The fourth-order valence-electron chi connectivity index (χ4n) is 2.08. The van der Waals surface area contributed by atoms with Gasteiger partial charge in [0.1, 0.15) is 12.4 Å². The third-order valence-electron chi connectivity index (χ3n) is 3.31. The molecular formula is C14H19NO3. The SMILES string of the molecule is CCC1CC1NCCOc1cccc(C(=O)O)c1. The van der Waals surface area contributed by atoms with Gasteiger partial charge in [0, 0.05) is 12.6 Å². The number of carboxylic acid groups (broad SMARTS) is 1. The minimum atomic E-state index is -0.928. The quantitative estimate of drug-likeness (QED) is 0.727. The van der Waals surface area contributed by atoms with E-state index < -0.39 is 5.97 Å². The molecule has 0 amide bonds. The molecule has 0 radical (unpaired) electrons. The maximum atomic E-state index is 10.8. The van der Waals surface area contributed by atoms with Crippen LogP contribution in [0, 0.1) is 5.92 Å². The summed E-state index contributed by atoms with van der Waals surface area (Å²) in [5.41, 5.74) is 0.258. The summed E-state index contributed by atoms with van der Waals surface area (Å²) in [7, 11) is 0. The van der Waals surface area contributed by atoms with E-state index >= 15 is 0 Å². The van der Waals surface area contributed by atoms with E-state index in [1.54, 1.807) is 24.3 Å². The van der Waals surface area contributed by atoms with Crippen LogP contribution >= 0.6 is 0 Å². The Morgan fingerprint density at radius 1 is 1.56 bits per heavy atom. The molecule has 1 fully saturated rings. The van der Waals surface area contributed by atoms with Crippen LogP contribution in [0.25, 0.3) is 0 Å². The van der Waals surface area contributed by atoms with Crippen LogP contribution in [0.2, 0.25) is 0 Å². The van der Waals surface area contributed by atoms with E-state index in [0.29, 0.717) is 18.4 Å². The standard InChI is InChI=1S/C14H19NO3/c1-2-10-9-13(10)15-6-7-18-12-5-3-4-11(8-12)14(16)17/h3-5,8,10,13,15H,2,6-7,9H2,1H3,(H,16,17).